The van der Waals surface area contributed by atoms with Crippen LogP contribution in [0.3, 0.4) is 0 Å². The van der Waals surface area contributed by atoms with E-state index in [9.17, 15) is 4.39 Å². The Morgan fingerprint density at radius 3 is 2.89 bits per heavy atom. The van der Waals surface area contributed by atoms with Crippen molar-refractivity contribution < 1.29 is 8.81 Å². The van der Waals surface area contributed by atoms with E-state index in [0.29, 0.717) is 10.7 Å². The summed E-state index contributed by atoms with van der Waals surface area (Å²) in [6.07, 6.45) is 6.05. The number of alkyl halides is 1. The third kappa shape index (κ3) is 2.46. The van der Waals surface area contributed by atoms with Crippen LogP contribution >= 0.6 is 15.9 Å². The first-order valence-electron chi connectivity index (χ1n) is 6.55. The maximum Gasteiger partial charge on any atom is 0.134 e. The first-order chi connectivity index (χ1) is 8.72. The molecule has 1 nitrogen and oxygen atoms in total. The van der Waals surface area contributed by atoms with E-state index in [-0.39, 0.29) is 5.82 Å². The summed E-state index contributed by atoms with van der Waals surface area (Å²) in [4.78, 5) is 0.579. The molecule has 0 amide bonds. The summed E-state index contributed by atoms with van der Waals surface area (Å²) in [7, 11) is 0. The van der Waals surface area contributed by atoms with Crippen LogP contribution < -0.4 is 0 Å². The van der Waals surface area contributed by atoms with Gasteiger partial charge in [-0.15, -0.1) is 0 Å². The molecular formula is C15H16BrFO. The van der Waals surface area contributed by atoms with E-state index < -0.39 is 0 Å². The molecule has 1 aliphatic rings. The van der Waals surface area contributed by atoms with Gasteiger partial charge in [-0.25, -0.2) is 4.39 Å². The highest BCUT2D eigenvalue weighted by Gasteiger charge is 2.22. The molecule has 0 bridgehead atoms. The number of halogens is 2. The van der Waals surface area contributed by atoms with Gasteiger partial charge in [0.15, 0.2) is 0 Å². The van der Waals surface area contributed by atoms with Gasteiger partial charge in [0.05, 0.1) is 0 Å². The summed E-state index contributed by atoms with van der Waals surface area (Å²) in [5.41, 5.74) is 0.793. The highest BCUT2D eigenvalue weighted by molar-refractivity contribution is 9.09. The van der Waals surface area contributed by atoms with E-state index in [4.69, 9.17) is 4.42 Å². The third-order valence-corrected chi connectivity index (χ3v) is 4.59. The Morgan fingerprint density at radius 1 is 1.17 bits per heavy atom. The minimum Gasteiger partial charge on any atom is -0.461 e. The van der Waals surface area contributed by atoms with Gasteiger partial charge in [0.1, 0.15) is 17.2 Å². The lowest BCUT2D eigenvalue weighted by Gasteiger charge is -2.13. The summed E-state index contributed by atoms with van der Waals surface area (Å²) >= 11 is 3.73. The number of benzene rings is 1. The molecule has 0 aliphatic heterocycles. The zero-order valence-electron chi connectivity index (χ0n) is 10.2. The number of hydrogen-bond donors (Lipinski definition) is 0. The average Bonchev–Trinajstić information content (AvgIpc) is 2.63. The van der Waals surface area contributed by atoms with Gasteiger partial charge in [-0.05, 0) is 43.5 Å². The molecule has 3 heteroatoms. The molecule has 0 radical (unpaired) electrons. The molecule has 1 aliphatic carbocycles. The third-order valence-electron chi connectivity index (χ3n) is 3.76. The van der Waals surface area contributed by atoms with Gasteiger partial charge in [0.25, 0.3) is 0 Å². The standard InChI is InChI=1S/C15H16BrFO/c16-12-4-2-1-3-10(7-12)15-9-11-8-13(17)5-6-14(11)18-15/h5-6,8-10,12H,1-4,7H2. The average molecular weight is 311 g/mol. The molecule has 0 N–H and O–H groups in total. The minimum absolute atomic E-state index is 0.200. The van der Waals surface area contributed by atoms with Crippen molar-refractivity contribution in [1.29, 1.82) is 0 Å². The topological polar surface area (TPSA) is 13.1 Å². The Hall–Kier alpha value is -0.830. The predicted molar refractivity (Wildman–Crippen MR) is 74.7 cm³/mol. The van der Waals surface area contributed by atoms with E-state index in [1.807, 2.05) is 6.07 Å². The smallest absolute Gasteiger partial charge is 0.134 e. The van der Waals surface area contributed by atoms with Crippen LogP contribution in [0.4, 0.5) is 4.39 Å². The van der Waals surface area contributed by atoms with Crippen molar-refractivity contribution in [3.63, 3.8) is 0 Å². The molecule has 0 saturated heterocycles. The van der Waals surface area contributed by atoms with E-state index >= 15 is 0 Å². The molecule has 0 spiro atoms. The van der Waals surface area contributed by atoms with Crippen molar-refractivity contribution in [1.82, 2.24) is 0 Å². The summed E-state index contributed by atoms with van der Waals surface area (Å²) < 4.78 is 19.0. The molecule has 18 heavy (non-hydrogen) atoms. The Labute approximate surface area is 114 Å². The second kappa shape index (κ2) is 5.04. The lowest BCUT2D eigenvalue weighted by Crippen LogP contribution is -2.02. The van der Waals surface area contributed by atoms with Gasteiger partial charge in [0.2, 0.25) is 0 Å². The summed E-state index contributed by atoms with van der Waals surface area (Å²) in [5, 5.41) is 0.875. The van der Waals surface area contributed by atoms with Crippen LogP contribution in [-0.2, 0) is 0 Å². The van der Waals surface area contributed by atoms with Crippen LogP contribution in [0.1, 0.15) is 43.8 Å². The number of rotatable bonds is 1. The van der Waals surface area contributed by atoms with Crippen molar-refractivity contribution in [2.24, 2.45) is 0 Å². The molecule has 1 heterocycles. The number of hydrogen-bond acceptors (Lipinski definition) is 1. The summed E-state index contributed by atoms with van der Waals surface area (Å²) in [6.45, 7) is 0. The van der Waals surface area contributed by atoms with Gasteiger partial charge in [-0.1, -0.05) is 28.8 Å². The Morgan fingerprint density at radius 2 is 2.00 bits per heavy atom. The van der Waals surface area contributed by atoms with Crippen LogP contribution in [0, 0.1) is 5.82 Å². The normalized spacial score (nSPS) is 25.2. The van der Waals surface area contributed by atoms with Crippen molar-refractivity contribution in [2.45, 2.75) is 42.8 Å². The predicted octanol–water partition coefficient (Wildman–Crippen LogP) is 5.38. The second-order valence-corrected chi connectivity index (χ2v) is 6.44. The lowest BCUT2D eigenvalue weighted by atomic mass is 9.97. The molecule has 2 unspecified atom stereocenters. The molecule has 96 valence electrons. The molecule has 3 rings (SSSR count). The Kier molecular flexibility index (Phi) is 3.42. The molecule has 1 aromatic heterocycles. The summed E-state index contributed by atoms with van der Waals surface area (Å²) in [6, 6.07) is 6.73. The van der Waals surface area contributed by atoms with Gasteiger partial charge < -0.3 is 4.42 Å². The fourth-order valence-electron chi connectivity index (χ4n) is 2.80. The van der Waals surface area contributed by atoms with Gasteiger partial charge in [-0.3, -0.25) is 0 Å². The van der Waals surface area contributed by atoms with E-state index in [0.717, 1.165) is 23.2 Å². The fourth-order valence-corrected chi connectivity index (χ4v) is 3.57. The van der Waals surface area contributed by atoms with Crippen LogP contribution in [-0.4, -0.2) is 4.83 Å². The summed E-state index contributed by atoms with van der Waals surface area (Å²) in [5.74, 6) is 1.28. The fraction of sp³-hybridized carbons (Fsp3) is 0.467. The maximum atomic E-state index is 13.2. The van der Waals surface area contributed by atoms with E-state index in [1.54, 1.807) is 12.1 Å². The highest BCUT2D eigenvalue weighted by Crippen LogP contribution is 2.37. The minimum atomic E-state index is -0.200. The maximum absolute atomic E-state index is 13.2. The van der Waals surface area contributed by atoms with Gasteiger partial charge in [0, 0.05) is 16.1 Å². The zero-order chi connectivity index (χ0) is 12.5. The molecule has 2 aromatic rings. The Bertz CT molecular complexity index is 548. The molecule has 2 atom stereocenters. The molecule has 1 fully saturated rings. The molecule has 1 aromatic carbocycles. The van der Waals surface area contributed by atoms with Crippen molar-refractivity contribution in [2.75, 3.05) is 0 Å². The van der Waals surface area contributed by atoms with Crippen LogP contribution in [0.15, 0.2) is 28.7 Å². The van der Waals surface area contributed by atoms with E-state index in [2.05, 4.69) is 15.9 Å². The lowest BCUT2D eigenvalue weighted by molar-refractivity contribution is 0.459. The largest absolute Gasteiger partial charge is 0.461 e. The van der Waals surface area contributed by atoms with E-state index in [1.165, 1.54) is 31.7 Å². The van der Waals surface area contributed by atoms with Gasteiger partial charge >= 0.3 is 0 Å². The quantitative estimate of drug-likeness (QED) is 0.509. The first kappa shape index (κ1) is 12.2. The molecular weight excluding hydrogens is 295 g/mol. The highest BCUT2D eigenvalue weighted by atomic mass is 79.9. The van der Waals surface area contributed by atoms with Crippen LogP contribution in [0.25, 0.3) is 11.0 Å². The SMILES string of the molecule is Fc1ccc2oc(C3CCCCC(Br)C3)cc2c1. The van der Waals surface area contributed by atoms with Crippen molar-refractivity contribution >= 4 is 26.9 Å². The van der Waals surface area contributed by atoms with Crippen molar-refractivity contribution in [3.05, 3.63) is 35.8 Å². The Balaban J connectivity index is 1.93. The zero-order valence-corrected chi connectivity index (χ0v) is 11.7. The first-order valence-corrected chi connectivity index (χ1v) is 7.47. The van der Waals surface area contributed by atoms with Crippen LogP contribution in [0.2, 0.25) is 0 Å². The monoisotopic (exact) mass is 310 g/mol. The number of furan rings is 1. The number of fused-ring (bicyclic) bond motifs is 1. The van der Waals surface area contributed by atoms with Gasteiger partial charge in [-0.2, -0.15) is 0 Å². The molecule has 1 saturated carbocycles. The van der Waals surface area contributed by atoms with Crippen molar-refractivity contribution in [3.8, 4) is 0 Å². The van der Waals surface area contributed by atoms with Crippen LogP contribution in [0.5, 0.6) is 0 Å². The second-order valence-electron chi connectivity index (χ2n) is 5.15.